The molecule has 13 heteroatoms. The first kappa shape index (κ1) is 28.2. The molecule has 4 heterocycles. The molecule has 0 amide bonds. The fourth-order valence-electron chi connectivity index (χ4n) is 5.31. The number of benzene rings is 1. The van der Waals surface area contributed by atoms with Gasteiger partial charge in [-0.15, -0.1) is 0 Å². The molecule has 1 aliphatic rings. The fourth-order valence-corrected chi connectivity index (χ4v) is 5.54. The zero-order chi connectivity index (χ0) is 28.8. The van der Waals surface area contributed by atoms with E-state index in [1.165, 1.54) is 16.7 Å². The molecule has 1 aliphatic heterocycles. The average molecular weight is 580 g/mol. The number of hydrogen-bond donors (Lipinski definition) is 1. The number of imidazole rings is 1. The Morgan fingerprint density at radius 1 is 1.23 bits per heavy atom. The van der Waals surface area contributed by atoms with E-state index in [4.69, 9.17) is 16.7 Å². The second kappa shape index (κ2) is 10.9. The van der Waals surface area contributed by atoms with E-state index in [1.807, 2.05) is 34.2 Å². The molecule has 1 N–H and O–H groups in total. The van der Waals surface area contributed by atoms with Crippen LogP contribution in [0.25, 0.3) is 22.8 Å². The van der Waals surface area contributed by atoms with Gasteiger partial charge < -0.3 is 14.6 Å². The van der Waals surface area contributed by atoms with Crippen LogP contribution >= 0.6 is 11.6 Å². The first-order valence-corrected chi connectivity index (χ1v) is 13.5. The molecule has 0 bridgehead atoms. The van der Waals surface area contributed by atoms with Crippen LogP contribution in [-0.2, 0) is 19.3 Å². The van der Waals surface area contributed by atoms with Crippen LogP contribution in [0, 0.1) is 5.82 Å². The number of hydrogen-bond acceptors (Lipinski definition) is 5. The maximum atomic E-state index is 15.5. The minimum atomic E-state index is -4.64. The molecule has 0 radical (unpaired) electrons. The summed E-state index contributed by atoms with van der Waals surface area (Å²) in [5, 5.41) is 19.6. The summed E-state index contributed by atoms with van der Waals surface area (Å²) < 4.78 is 60.3. The summed E-state index contributed by atoms with van der Waals surface area (Å²) in [6.45, 7) is 6.61. The lowest BCUT2D eigenvalue weighted by atomic mass is 10.0. The van der Waals surface area contributed by atoms with E-state index >= 15 is 4.39 Å². The number of aromatic nitrogens is 6. The van der Waals surface area contributed by atoms with Crippen LogP contribution in [0.15, 0.2) is 36.7 Å². The second-order valence-electron chi connectivity index (χ2n) is 10.0. The van der Waals surface area contributed by atoms with Crippen LogP contribution in [0.1, 0.15) is 57.1 Å². The number of aliphatic hydroxyl groups excluding tert-OH is 1. The fraction of sp³-hybridized carbons (Fsp3) is 0.444. The highest BCUT2D eigenvalue weighted by Gasteiger charge is 2.35. The Bertz CT molecular complexity index is 1510. The summed E-state index contributed by atoms with van der Waals surface area (Å²) in [6.07, 6.45) is -0.605. The van der Waals surface area contributed by atoms with Gasteiger partial charge in [-0.05, 0) is 57.9 Å². The highest BCUT2D eigenvalue weighted by molar-refractivity contribution is 6.32. The van der Waals surface area contributed by atoms with Crippen LogP contribution in [0.3, 0.4) is 0 Å². The minimum absolute atomic E-state index is 0.0300. The molecule has 40 heavy (non-hydrogen) atoms. The van der Waals surface area contributed by atoms with Gasteiger partial charge in [0.05, 0.1) is 35.1 Å². The number of alkyl halides is 3. The first-order chi connectivity index (χ1) is 19.0. The van der Waals surface area contributed by atoms with E-state index in [0.717, 1.165) is 24.7 Å². The van der Waals surface area contributed by atoms with Gasteiger partial charge in [0, 0.05) is 37.6 Å². The molecule has 4 aromatic rings. The highest BCUT2D eigenvalue weighted by atomic mass is 35.5. The van der Waals surface area contributed by atoms with Crippen molar-refractivity contribution in [3.05, 3.63) is 58.9 Å². The van der Waals surface area contributed by atoms with Gasteiger partial charge in [-0.25, -0.2) is 9.37 Å². The Kier molecular flexibility index (Phi) is 7.66. The quantitative estimate of drug-likeness (QED) is 0.246. The molecule has 0 spiro atoms. The summed E-state index contributed by atoms with van der Waals surface area (Å²) in [5.74, 6) is -0.793. The number of halogens is 5. The van der Waals surface area contributed by atoms with E-state index in [0.29, 0.717) is 28.6 Å². The SMILES string of the molecule is CCn1cc(C(F)(F)F)nc1-c1ccc(N(CCO)C2CCCn3nc(-c4c(Cl)cnn4C(C)C)cc32)cc1F. The monoisotopic (exact) mass is 579 g/mol. The maximum Gasteiger partial charge on any atom is 0.434 e. The summed E-state index contributed by atoms with van der Waals surface area (Å²) in [7, 11) is 0. The molecule has 0 fully saturated rings. The van der Waals surface area contributed by atoms with Crippen molar-refractivity contribution in [1.82, 2.24) is 29.1 Å². The summed E-state index contributed by atoms with van der Waals surface area (Å²) in [4.78, 5) is 5.58. The largest absolute Gasteiger partial charge is 0.434 e. The van der Waals surface area contributed by atoms with E-state index in [1.54, 1.807) is 19.2 Å². The maximum absolute atomic E-state index is 15.5. The van der Waals surface area contributed by atoms with Gasteiger partial charge in [0.15, 0.2) is 5.69 Å². The number of rotatable bonds is 8. The molecule has 5 rings (SSSR count). The van der Waals surface area contributed by atoms with Crippen molar-refractivity contribution in [2.24, 2.45) is 0 Å². The summed E-state index contributed by atoms with van der Waals surface area (Å²) >= 11 is 6.48. The van der Waals surface area contributed by atoms with Crippen molar-refractivity contribution >= 4 is 17.3 Å². The number of aryl methyl sites for hydroxylation is 2. The van der Waals surface area contributed by atoms with E-state index in [9.17, 15) is 18.3 Å². The first-order valence-electron chi connectivity index (χ1n) is 13.2. The second-order valence-corrected chi connectivity index (χ2v) is 10.4. The van der Waals surface area contributed by atoms with Crippen LogP contribution in [0.2, 0.25) is 5.02 Å². The van der Waals surface area contributed by atoms with Gasteiger partial charge in [0.2, 0.25) is 0 Å². The van der Waals surface area contributed by atoms with Crippen molar-refractivity contribution in [3.63, 3.8) is 0 Å². The third kappa shape index (κ3) is 5.10. The third-order valence-electron chi connectivity index (χ3n) is 7.13. The Labute approximate surface area is 233 Å². The zero-order valence-electron chi connectivity index (χ0n) is 22.3. The Balaban J connectivity index is 1.52. The van der Waals surface area contributed by atoms with Crippen LogP contribution < -0.4 is 4.90 Å². The average Bonchev–Trinajstić information content (AvgIpc) is 3.62. The number of fused-ring (bicyclic) bond motifs is 1. The van der Waals surface area contributed by atoms with Gasteiger partial charge in [-0.1, -0.05) is 11.6 Å². The molecule has 214 valence electrons. The standard InChI is InChI=1S/C27H30ClF4N7O/c1-4-36-15-24(27(30,31)32)34-26(36)18-8-7-17(12-20(18)29)37(10-11-40)22-6-5-9-38-23(22)13-21(35-38)25-19(28)14-33-39(25)16(2)3/h7-8,12-16,22,40H,4-6,9-11H2,1-3H3. The lowest BCUT2D eigenvalue weighted by Gasteiger charge is -2.36. The summed E-state index contributed by atoms with van der Waals surface area (Å²) in [5.41, 5.74) is 1.68. The summed E-state index contributed by atoms with van der Waals surface area (Å²) in [6, 6.07) is 6.18. The normalized spacial score (nSPS) is 15.6. The topological polar surface area (TPSA) is 76.9 Å². The molecule has 0 saturated carbocycles. The molecule has 1 aromatic carbocycles. The van der Waals surface area contributed by atoms with Crippen molar-refractivity contribution < 1.29 is 22.7 Å². The molecule has 1 atom stereocenters. The predicted molar refractivity (Wildman–Crippen MR) is 144 cm³/mol. The molecule has 0 saturated heterocycles. The lowest BCUT2D eigenvalue weighted by Crippen LogP contribution is -2.35. The van der Waals surface area contributed by atoms with Crippen molar-refractivity contribution in [1.29, 1.82) is 0 Å². The van der Waals surface area contributed by atoms with Crippen LogP contribution in [-0.4, -0.2) is 47.4 Å². The van der Waals surface area contributed by atoms with Gasteiger partial charge in [-0.2, -0.15) is 23.4 Å². The number of aliphatic hydroxyl groups is 1. The van der Waals surface area contributed by atoms with Crippen LogP contribution in [0.4, 0.5) is 23.2 Å². The Morgan fingerprint density at radius 3 is 2.65 bits per heavy atom. The lowest BCUT2D eigenvalue weighted by molar-refractivity contribution is -0.140. The Hall–Kier alpha value is -3.38. The van der Waals surface area contributed by atoms with Crippen molar-refractivity contribution in [2.75, 3.05) is 18.1 Å². The van der Waals surface area contributed by atoms with Gasteiger partial charge in [-0.3, -0.25) is 9.36 Å². The van der Waals surface area contributed by atoms with E-state index in [-0.39, 0.29) is 43.2 Å². The molecule has 1 unspecified atom stereocenters. The van der Waals surface area contributed by atoms with Crippen molar-refractivity contribution in [3.8, 4) is 22.8 Å². The van der Waals surface area contributed by atoms with E-state index < -0.39 is 17.7 Å². The van der Waals surface area contributed by atoms with Crippen molar-refractivity contribution in [2.45, 2.75) is 65.0 Å². The number of nitrogens with zero attached hydrogens (tertiary/aromatic N) is 7. The number of anilines is 1. The van der Waals surface area contributed by atoms with Gasteiger partial charge >= 0.3 is 6.18 Å². The molecular formula is C27H30ClF4N7O. The molecular weight excluding hydrogens is 550 g/mol. The molecule has 0 aliphatic carbocycles. The van der Waals surface area contributed by atoms with Crippen LogP contribution in [0.5, 0.6) is 0 Å². The predicted octanol–water partition coefficient (Wildman–Crippen LogP) is 6.36. The van der Waals surface area contributed by atoms with Gasteiger partial charge in [0.25, 0.3) is 0 Å². The molecule has 8 nitrogen and oxygen atoms in total. The zero-order valence-corrected chi connectivity index (χ0v) is 23.1. The Morgan fingerprint density at radius 2 is 2.00 bits per heavy atom. The minimum Gasteiger partial charge on any atom is -0.395 e. The third-order valence-corrected chi connectivity index (χ3v) is 7.41. The highest BCUT2D eigenvalue weighted by Crippen LogP contribution is 2.39. The molecule has 3 aromatic heterocycles. The smallest absolute Gasteiger partial charge is 0.395 e. The van der Waals surface area contributed by atoms with Gasteiger partial charge in [0.1, 0.15) is 23.0 Å². The van der Waals surface area contributed by atoms with E-state index in [2.05, 4.69) is 10.1 Å².